The minimum Gasteiger partial charge on any atom is -0.370 e. The monoisotopic (exact) mass is 278 g/mol. The van der Waals surface area contributed by atoms with Crippen molar-refractivity contribution >= 4 is 11.5 Å². The number of likely N-dealkylation sites (tertiary alicyclic amines) is 1. The molecule has 0 spiro atoms. The fourth-order valence-electron chi connectivity index (χ4n) is 2.59. The van der Waals surface area contributed by atoms with Gasteiger partial charge in [0.15, 0.2) is 0 Å². The summed E-state index contributed by atoms with van der Waals surface area (Å²) in [5.74, 6) is 1.24. The smallest absolute Gasteiger partial charge is 0.290 e. The molecule has 20 heavy (non-hydrogen) atoms. The fourth-order valence-corrected chi connectivity index (χ4v) is 2.59. The molecule has 1 aliphatic heterocycles. The quantitative estimate of drug-likeness (QED) is 0.639. The van der Waals surface area contributed by atoms with Crippen LogP contribution in [0.3, 0.4) is 0 Å². The topological polar surface area (TPSA) is 71.3 Å². The number of aryl methyl sites for hydroxylation is 1. The van der Waals surface area contributed by atoms with Crippen molar-refractivity contribution in [3.8, 4) is 0 Å². The molecule has 1 N–H and O–H groups in total. The lowest BCUT2D eigenvalue weighted by Crippen LogP contribution is -2.29. The lowest BCUT2D eigenvalue weighted by atomic mass is 10.1. The molecule has 1 aliphatic rings. The van der Waals surface area contributed by atoms with Crippen LogP contribution >= 0.6 is 0 Å². The van der Waals surface area contributed by atoms with Crippen molar-refractivity contribution in [3.05, 3.63) is 27.9 Å². The Morgan fingerprint density at radius 3 is 2.75 bits per heavy atom. The summed E-state index contributed by atoms with van der Waals surface area (Å²) >= 11 is 0. The van der Waals surface area contributed by atoms with Crippen molar-refractivity contribution in [2.75, 3.05) is 31.5 Å². The molecule has 0 radical (unpaired) electrons. The number of pyridine rings is 1. The predicted octanol–water partition coefficient (Wildman–Crippen LogP) is 2.44. The van der Waals surface area contributed by atoms with E-state index in [2.05, 4.69) is 22.1 Å². The largest absolute Gasteiger partial charge is 0.370 e. The zero-order chi connectivity index (χ0) is 14.5. The van der Waals surface area contributed by atoms with Crippen molar-refractivity contribution < 1.29 is 4.92 Å². The molecule has 2 rings (SSSR count). The van der Waals surface area contributed by atoms with Crippen LogP contribution in [-0.2, 0) is 0 Å². The molecule has 0 saturated carbocycles. The van der Waals surface area contributed by atoms with Gasteiger partial charge in [-0.1, -0.05) is 6.92 Å². The normalized spacial score (nSPS) is 17.1. The third-order valence-corrected chi connectivity index (χ3v) is 3.65. The van der Waals surface area contributed by atoms with Crippen LogP contribution in [0.5, 0.6) is 0 Å². The highest BCUT2D eigenvalue weighted by Gasteiger charge is 2.15. The molecule has 110 valence electrons. The maximum absolute atomic E-state index is 10.7. The van der Waals surface area contributed by atoms with Gasteiger partial charge in [-0.05, 0) is 44.8 Å². The fraction of sp³-hybridized carbons (Fsp3) is 0.643. The highest BCUT2D eigenvalue weighted by Crippen LogP contribution is 2.18. The molecule has 1 unspecified atom stereocenters. The number of hydrogen-bond donors (Lipinski definition) is 1. The molecular weight excluding hydrogens is 256 g/mol. The number of nitro groups is 1. The lowest BCUT2D eigenvalue weighted by Gasteiger charge is -2.20. The van der Waals surface area contributed by atoms with Crippen LogP contribution in [0.1, 0.15) is 25.5 Å². The SMILES string of the molecule is Cc1nc(NCC(C)CN2CCCC2)ccc1[N+](=O)[O-]. The van der Waals surface area contributed by atoms with E-state index in [1.807, 2.05) is 0 Å². The van der Waals surface area contributed by atoms with Gasteiger partial charge in [-0.25, -0.2) is 4.98 Å². The van der Waals surface area contributed by atoms with E-state index in [-0.39, 0.29) is 5.69 Å². The van der Waals surface area contributed by atoms with Crippen molar-refractivity contribution in [2.45, 2.75) is 26.7 Å². The highest BCUT2D eigenvalue weighted by atomic mass is 16.6. The molecule has 0 amide bonds. The van der Waals surface area contributed by atoms with Crippen LogP contribution in [0.2, 0.25) is 0 Å². The molecule has 1 atom stereocenters. The van der Waals surface area contributed by atoms with Crippen LogP contribution in [0.15, 0.2) is 12.1 Å². The third-order valence-electron chi connectivity index (χ3n) is 3.65. The molecule has 1 saturated heterocycles. The Morgan fingerprint density at radius 1 is 1.45 bits per heavy atom. The van der Waals surface area contributed by atoms with Gasteiger partial charge in [-0.2, -0.15) is 0 Å². The highest BCUT2D eigenvalue weighted by molar-refractivity contribution is 5.44. The molecular formula is C14H22N4O2. The first kappa shape index (κ1) is 14.7. The van der Waals surface area contributed by atoms with Crippen LogP contribution in [0.25, 0.3) is 0 Å². The predicted molar refractivity (Wildman–Crippen MR) is 79.0 cm³/mol. The van der Waals surface area contributed by atoms with E-state index in [0.717, 1.165) is 13.1 Å². The summed E-state index contributed by atoms with van der Waals surface area (Å²) < 4.78 is 0. The van der Waals surface area contributed by atoms with Crippen molar-refractivity contribution in [3.63, 3.8) is 0 Å². The molecule has 1 aromatic rings. The Kier molecular flexibility index (Phi) is 4.89. The second-order valence-corrected chi connectivity index (χ2v) is 5.55. The molecule has 2 heterocycles. The van der Waals surface area contributed by atoms with Gasteiger partial charge in [0.25, 0.3) is 5.69 Å². The molecule has 1 fully saturated rings. The van der Waals surface area contributed by atoms with Crippen LogP contribution < -0.4 is 5.32 Å². The lowest BCUT2D eigenvalue weighted by molar-refractivity contribution is -0.385. The summed E-state index contributed by atoms with van der Waals surface area (Å²) in [6.07, 6.45) is 2.62. The Bertz CT molecular complexity index is 472. The Hall–Kier alpha value is -1.69. The summed E-state index contributed by atoms with van der Waals surface area (Å²) in [5.41, 5.74) is 0.521. The maximum Gasteiger partial charge on any atom is 0.290 e. The molecule has 6 nitrogen and oxygen atoms in total. The standard InChI is InChI=1S/C14H22N4O2/c1-11(10-17-7-3-4-8-17)9-15-14-6-5-13(18(19)20)12(2)16-14/h5-6,11H,3-4,7-10H2,1-2H3,(H,15,16). The molecule has 0 aliphatic carbocycles. The van der Waals surface area contributed by atoms with Gasteiger partial charge in [0.05, 0.1) is 4.92 Å². The number of anilines is 1. The maximum atomic E-state index is 10.7. The van der Waals surface area contributed by atoms with E-state index in [9.17, 15) is 10.1 Å². The van der Waals surface area contributed by atoms with E-state index in [0.29, 0.717) is 17.4 Å². The second kappa shape index (κ2) is 6.65. The Balaban J connectivity index is 1.84. The number of aromatic nitrogens is 1. The molecule has 0 aromatic carbocycles. The number of nitrogens with one attached hydrogen (secondary N) is 1. The van der Waals surface area contributed by atoms with Gasteiger partial charge < -0.3 is 10.2 Å². The van der Waals surface area contributed by atoms with Gasteiger partial charge in [0, 0.05) is 19.2 Å². The Labute approximate surface area is 119 Å². The summed E-state index contributed by atoms with van der Waals surface area (Å²) in [5, 5.41) is 14.0. The van der Waals surface area contributed by atoms with Crippen LogP contribution in [0, 0.1) is 23.0 Å². The van der Waals surface area contributed by atoms with Crippen molar-refractivity contribution in [1.82, 2.24) is 9.88 Å². The average Bonchev–Trinajstić information content (AvgIpc) is 2.89. The number of rotatable bonds is 6. The van der Waals surface area contributed by atoms with E-state index in [4.69, 9.17) is 0 Å². The number of hydrogen-bond acceptors (Lipinski definition) is 5. The molecule has 1 aromatic heterocycles. The summed E-state index contributed by atoms with van der Waals surface area (Å²) in [6.45, 7) is 8.22. The first-order valence-corrected chi connectivity index (χ1v) is 7.14. The first-order valence-electron chi connectivity index (χ1n) is 7.14. The third kappa shape index (κ3) is 3.90. The van der Waals surface area contributed by atoms with Gasteiger partial charge >= 0.3 is 0 Å². The van der Waals surface area contributed by atoms with E-state index in [1.54, 1.807) is 13.0 Å². The van der Waals surface area contributed by atoms with Crippen LogP contribution in [0.4, 0.5) is 11.5 Å². The van der Waals surface area contributed by atoms with Crippen molar-refractivity contribution in [2.24, 2.45) is 5.92 Å². The van der Waals surface area contributed by atoms with E-state index in [1.165, 1.54) is 32.0 Å². The van der Waals surface area contributed by atoms with E-state index >= 15 is 0 Å². The minimum absolute atomic E-state index is 0.0701. The van der Waals surface area contributed by atoms with Gasteiger partial charge in [0.1, 0.15) is 11.5 Å². The second-order valence-electron chi connectivity index (χ2n) is 5.55. The summed E-state index contributed by atoms with van der Waals surface area (Å²) in [7, 11) is 0. The first-order chi connectivity index (χ1) is 9.56. The van der Waals surface area contributed by atoms with Gasteiger partial charge in [-0.15, -0.1) is 0 Å². The van der Waals surface area contributed by atoms with Crippen molar-refractivity contribution in [1.29, 1.82) is 0 Å². The molecule has 0 bridgehead atoms. The average molecular weight is 278 g/mol. The molecule has 6 heteroatoms. The van der Waals surface area contributed by atoms with Gasteiger partial charge in [-0.3, -0.25) is 10.1 Å². The van der Waals surface area contributed by atoms with Crippen LogP contribution in [-0.4, -0.2) is 41.0 Å². The zero-order valence-corrected chi connectivity index (χ0v) is 12.1. The summed E-state index contributed by atoms with van der Waals surface area (Å²) in [6, 6.07) is 3.18. The minimum atomic E-state index is -0.401. The number of nitrogens with zero attached hydrogens (tertiary/aromatic N) is 3. The Morgan fingerprint density at radius 2 is 2.15 bits per heavy atom. The van der Waals surface area contributed by atoms with E-state index < -0.39 is 4.92 Å². The zero-order valence-electron chi connectivity index (χ0n) is 12.1. The summed E-state index contributed by atoms with van der Waals surface area (Å²) in [4.78, 5) is 17.1. The van der Waals surface area contributed by atoms with Gasteiger partial charge in [0.2, 0.25) is 0 Å².